The molecule has 1 aromatic heterocycles. The van der Waals surface area contributed by atoms with Crippen molar-refractivity contribution in [3.05, 3.63) is 76.4 Å². The SMILES string of the molecule is CCCCC1=NC(=O)C(=C2NN=C(Cc3ccc(Cl)cn3)O2)CN1[C@@H](C)c1ccccc1. The Morgan fingerprint density at radius 3 is 2.75 bits per heavy atom. The van der Waals surface area contributed by atoms with Crippen LogP contribution in [0.2, 0.25) is 5.02 Å². The van der Waals surface area contributed by atoms with Gasteiger partial charge in [0.25, 0.3) is 5.91 Å². The van der Waals surface area contributed by atoms with Gasteiger partial charge in [-0.25, -0.2) is 5.43 Å². The number of halogens is 1. The zero-order valence-corrected chi connectivity index (χ0v) is 19.0. The lowest BCUT2D eigenvalue weighted by atomic mass is 10.0. The number of nitrogens with one attached hydrogen (secondary N) is 1. The molecule has 0 aliphatic carbocycles. The van der Waals surface area contributed by atoms with Crippen LogP contribution in [0.25, 0.3) is 0 Å². The molecule has 8 heteroatoms. The molecule has 166 valence electrons. The molecule has 1 aromatic carbocycles. The molecule has 7 nitrogen and oxygen atoms in total. The number of amides is 1. The Bertz CT molecular complexity index is 1060. The monoisotopic (exact) mass is 451 g/mol. The molecule has 2 aromatic rings. The molecule has 0 saturated carbocycles. The van der Waals surface area contributed by atoms with Crippen LogP contribution in [0.5, 0.6) is 0 Å². The first-order valence-electron chi connectivity index (χ1n) is 10.8. The van der Waals surface area contributed by atoms with Crippen LogP contribution in [-0.4, -0.2) is 34.1 Å². The van der Waals surface area contributed by atoms with Crippen LogP contribution in [0.4, 0.5) is 0 Å². The topological polar surface area (TPSA) is 79.2 Å². The fourth-order valence-electron chi connectivity index (χ4n) is 3.70. The first-order valence-corrected chi connectivity index (χ1v) is 11.2. The van der Waals surface area contributed by atoms with Crippen molar-refractivity contribution in [1.29, 1.82) is 0 Å². The first kappa shape index (κ1) is 22.0. The van der Waals surface area contributed by atoms with Gasteiger partial charge in [-0.1, -0.05) is 55.3 Å². The van der Waals surface area contributed by atoms with Crippen molar-refractivity contribution in [1.82, 2.24) is 15.3 Å². The van der Waals surface area contributed by atoms with Gasteiger partial charge in [0.1, 0.15) is 11.4 Å². The minimum atomic E-state index is -0.281. The van der Waals surface area contributed by atoms with Crippen LogP contribution >= 0.6 is 11.6 Å². The third-order valence-corrected chi connectivity index (χ3v) is 5.77. The summed E-state index contributed by atoms with van der Waals surface area (Å²) in [6.07, 6.45) is 4.76. The highest BCUT2D eigenvalue weighted by Crippen LogP contribution is 2.28. The number of aromatic nitrogens is 1. The summed E-state index contributed by atoms with van der Waals surface area (Å²) in [6.45, 7) is 4.67. The third kappa shape index (κ3) is 4.99. The number of aliphatic imine (C=N–C) groups is 1. The lowest BCUT2D eigenvalue weighted by molar-refractivity contribution is -0.115. The van der Waals surface area contributed by atoms with E-state index in [1.807, 2.05) is 24.3 Å². The second kappa shape index (κ2) is 9.96. The number of carbonyl (C=O) groups is 1. The normalized spacial score (nSPS) is 19.2. The molecule has 2 aliphatic rings. The summed E-state index contributed by atoms with van der Waals surface area (Å²) in [6, 6.07) is 13.9. The van der Waals surface area contributed by atoms with Gasteiger partial charge in [0.05, 0.1) is 24.0 Å². The van der Waals surface area contributed by atoms with E-state index < -0.39 is 0 Å². The highest BCUT2D eigenvalue weighted by atomic mass is 35.5. The number of pyridine rings is 1. The van der Waals surface area contributed by atoms with Gasteiger partial charge >= 0.3 is 0 Å². The second-order valence-electron chi connectivity index (χ2n) is 7.82. The fourth-order valence-corrected chi connectivity index (χ4v) is 3.81. The molecule has 1 atom stereocenters. The molecule has 1 N–H and O–H groups in total. The summed E-state index contributed by atoms with van der Waals surface area (Å²) in [4.78, 5) is 23.8. The highest BCUT2D eigenvalue weighted by molar-refractivity contribution is 6.30. The summed E-state index contributed by atoms with van der Waals surface area (Å²) >= 11 is 5.90. The van der Waals surface area contributed by atoms with Crippen LogP contribution in [0.1, 0.15) is 50.4 Å². The third-order valence-electron chi connectivity index (χ3n) is 5.55. The maximum absolute atomic E-state index is 12.9. The minimum Gasteiger partial charge on any atom is -0.423 e. The number of nitrogens with zero attached hydrogens (tertiary/aromatic N) is 4. The molecule has 0 fully saturated rings. The number of hydrazone groups is 1. The van der Waals surface area contributed by atoms with E-state index >= 15 is 0 Å². The number of hydrogen-bond acceptors (Lipinski definition) is 6. The van der Waals surface area contributed by atoms with Gasteiger partial charge in [-0.3, -0.25) is 9.78 Å². The number of unbranched alkanes of at least 4 members (excludes halogenated alkanes) is 1. The Morgan fingerprint density at radius 1 is 1.22 bits per heavy atom. The summed E-state index contributed by atoms with van der Waals surface area (Å²) in [5.74, 6) is 1.32. The maximum Gasteiger partial charge on any atom is 0.281 e. The molecule has 2 aliphatic heterocycles. The fraction of sp³-hybridized carbons (Fsp3) is 0.333. The van der Waals surface area contributed by atoms with Crippen LogP contribution < -0.4 is 5.43 Å². The molecular formula is C24H26ClN5O2. The zero-order chi connectivity index (χ0) is 22.5. The second-order valence-corrected chi connectivity index (χ2v) is 8.26. The number of benzene rings is 1. The van der Waals surface area contributed by atoms with E-state index in [1.165, 1.54) is 5.56 Å². The molecule has 0 radical (unpaired) electrons. The predicted molar refractivity (Wildman–Crippen MR) is 125 cm³/mol. The zero-order valence-electron chi connectivity index (χ0n) is 18.2. The molecule has 0 saturated heterocycles. The highest BCUT2D eigenvalue weighted by Gasteiger charge is 2.32. The van der Waals surface area contributed by atoms with Crippen molar-refractivity contribution in [2.24, 2.45) is 10.1 Å². The smallest absolute Gasteiger partial charge is 0.281 e. The van der Waals surface area contributed by atoms with Crippen LogP contribution in [-0.2, 0) is 16.0 Å². The Balaban J connectivity index is 1.55. The molecule has 4 rings (SSSR count). The maximum atomic E-state index is 12.9. The lowest BCUT2D eigenvalue weighted by Gasteiger charge is -2.35. The van der Waals surface area contributed by atoms with Crippen molar-refractivity contribution in [3.8, 4) is 0 Å². The number of amidine groups is 1. The van der Waals surface area contributed by atoms with E-state index in [1.54, 1.807) is 12.3 Å². The molecule has 0 unspecified atom stereocenters. The van der Waals surface area contributed by atoms with Gasteiger partial charge in [-0.15, -0.1) is 5.10 Å². The predicted octanol–water partition coefficient (Wildman–Crippen LogP) is 4.61. The summed E-state index contributed by atoms with van der Waals surface area (Å²) in [5.41, 5.74) is 5.28. The molecule has 3 heterocycles. The number of rotatable bonds is 7. The standard InChI is InChI=1S/C24H26ClN5O2/c1-3-4-10-21-27-23(31)20(15-30(21)16(2)17-8-6-5-7-9-17)24-29-28-22(32-24)13-19-12-11-18(25)14-26-19/h5-9,11-12,14,16,29H,3-4,10,13,15H2,1-2H3/t16-/m0/s1. The van der Waals surface area contributed by atoms with Crippen LogP contribution in [0, 0.1) is 0 Å². The van der Waals surface area contributed by atoms with Gasteiger partial charge in [0.15, 0.2) is 0 Å². The van der Waals surface area contributed by atoms with E-state index in [0.717, 1.165) is 30.8 Å². The number of hydrogen-bond donors (Lipinski definition) is 1. The molecular weight excluding hydrogens is 426 g/mol. The van der Waals surface area contributed by atoms with Crippen molar-refractivity contribution in [2.75, 3.05) is 6.54 Å². The van der Waals surface area contributed by atoms with Crippen molar-refractivity contribution < 1.29 is 9.53 Å². The molecule has 0 spiro atoms. The van der Waals surface area contributed by atoms with Crippen molar-refractivity contribution >= 4 is 29.2 Å². The van der Waals surface area contributed by atoms with Gasteiger partial charge in [0.2, 0.25) is 11.8 Å². The summed E-state index contributed by atoms with van der Waals surface area (Å²) < 4.78 is 5.88. The lowest BCUT2D eigenvalue weighted by Crippen LogP contribution is -2.41. The summed E-state index contributed by atoms with van der Waals surface area (Å²) in [5, 5.41) is 4.81. The molecule has 1 amide bonds. The van der Waals surface area contributed by atoms with Gasteiger partial charge in [0, 0.05) is 18.3 Å². The molecule has 32 heavy (non-hydrogen) atoms. The number of carbonyl (C=O) groups excluding carboxylic acids is 1. The van der Waals surface area contributed by atoms with E-state index in [9.17, 15) is 4.79 Å². The Hall–Kier alpha value is -3.19. The average Bonchev–Trinajstić information content (AvgIpc) is 3.27. The van der Waals surface area contributed by atoms with E-state index in [-0.39, 0.29) is 11.9 Å². The largest absolute Gasteiger partial charge is 0.423 e. The summed E-state index contributed by atoms with van der Waals surface area (Å²) in [7, 11) is 0. The van der Waals surface area contributed by atoms with Crippen LogP contribution in [0.15, 0.2) is 70.2 Å². The Morgan fingerprint density at radius 2 is 2.03 bits per heavy atom. The van der Waals surface area contributed by atoms with E-state index in [2.05, 4.69) is 51.4 Å². The van der Waals surface area contributed by atoms with Crippen LogP contribution in [0.3, 0.4) is 0 Å². The van der Waals surface area contributed by atoms with E-state index in [4.69, 9.17) is 16.3 Å². The van der Waals surface area contributed by atoms with Gasteiger partial charge in [-0.05, 0) is 31.0 Å². The molecule has 0 bridgehead atoms. The van der Waals surface area contributed by atoms with Crippen molar-refractivity contribution in [3.63, 3.8) is 0 Å². The average molecular weight is 452 g/mol. The van der Waals surface area contributed by atoms with Crippen molar-refractivity contribution in [2.45, 2.75) is 45.6 Å². The van der Waals surface area contributed by atoms with Gasteiger partial charge < -0.3 is 9.64 Å². The number of ether oxygens (including phenoxy) is 1. The Kier molecular flexibility index (Phi) is 6.85. The Labute approximate surface area is 192 Å². The quantitative estimate of drug-likeness (QED) is 0.621. The van der Waals surface area contributed by atoms with E-state index in [0.29, 0.717) is 35.3 Å². The first-order chi connectivity index (χ1) is 15.5. The minimum absolute atomic E-state index is 0.0653. The van der Waals surface area contributed by atoms with Gasteiger partial charge in [-0.2, -0.15) is 4.99 Å².